The molecule has 2 aliphatic rings. The monoisotopic (exact) mass is 387 g/mol. The first kappa shape index (κ1) is 20.6. The minimum atomic E-state index is -0.852. The quantitative estimate of drug-likeness (QED) is 0.835. The lowest BCUT2D eigenvalue weighted by Crippen LogP contribution is -2.49. The maximum atomic E-state index is 13.8. The fraction of sp³-hybridized carbons (Fsp3) is 0.556. The van der Waals surface area contributed by atoms with Crippen molar-refractivity contribution in [1.82, 2.24) is 15.5 Å². The summed E-state index contributed by atoms with van der Waals surface area (Å²) >= 11 is 0. The van der Waals surface area contributed by atoms with Crippen LogP contribution in [0.25, 0.3) is 0 Å². The SMILES string of the molecule is Cl.O=C(N[C@H]1CCCNC1)C1CCN(C(=O)c2ccc(F)cc2F)CC1. The molecule has 0 spiro atoms. The van der Waals surface area contributed by atoms with Crippen LogP contribution in [0.2, 0.25) is 0 Å². The van der Waals surface area contributed by atoms with E-state index in [0.717, 1.165) is 32.0 Å². The Morgan fingerprint density at radius 2 is 1.88 bits per heavy atom. The van der Waals surface area contributed by atoms with Gasteiger partial charge >= 0.3 is 0 Å². The molecule has 2 saturated heterocycles. The number of benzene rings is 1. The lowest BCUT2D eigenvalue weighted by Gasteiger charge is -2.33. The largest absolute Gasteiger partial charge is 0.352 e. The van der Waals surface area contributed by atoms with Crippen molar-refractivity contribution < 1.29 is 18.4 Å². The second kappa shape index (κ2) is 9.28. The van der Waals surface area contributed by atoms with E-state index in [1.807, 2.05) is 0 Å². The predicted molar refractivity (Wildman–Crippen MR) is 96.3 cm³/mol. The number of rotatable bonds is 3. The molecule has 0 aliphatic carbocycles. The second-order valence-corrected chi connectivity index (χ2v) is 6.74. The molecule has 0 bridgehead atoms. The molecule has 3 rings (SSSR count). The van der Waals surface area contributed by atoms with E-state index >= 15 is 0 Å². The average molecular weight is 388 g/mol. The number of halogens is 3. The molecule has 2 N–H and O–H groups in total. The molecule has 1 aromatic rings. The average Bonchev–Trinajstić information content (AvgIpc) is 2.62. The van der Waals surface area contributed by atoms with Crippen LogP contribution in [-0.4, -0.2) is 48.9 Å². The third-order valence-electron chi connectivity index (χ3n) is 4.96. The lowest BCUT2D eigenvalue weighted by molar-refractivity contribution is -0.127. The lowest BCUT2D eigenvalue weighted by atomic mass is 9.94. The molecule has 0 saturated carbocycles. The Morgan fingerprint density at radius 1 is 1.15 bits per heavy atom. The van der Waals surface area contributed by atoms with Crippen molar-refractivity contribution in [2.75, 3.05) is 26.2 Å². The number of carbonyl (C=O) groups excluding carboxylic acids is 2. The van der Waals surface area contributed by atoms with Crippen molar-refractivity contribution >= 4 is 24.2 Å². The van der Waals surface area contributed by atoms with Gasteiger partial charge in [0.2, 0.25) is 5.91 Å². The standard InChI is InChI=1S/C18H23F2N3O2.ClH/c19-13-3-4-15(16(20)10-13)18(25)23-8-5-12(6-9-23)17(24)22-14-2-1-7-21-11-14;/h3-4,10,12,14,21H,1-2,5-9,11H2,(H,22,24);1H/t14-;/m0./s1. The third-order valence-corrected chi connectivity index (χ3v) is 4.96. The van der Waals surface area contributed by atoms with Gasteiger partial charge in [-0.3, -0.25) is 9.59 Å². The molecule has 2 aliphatic heterocycles. The van der Waals surface area contributed by atoms with Crippen LogP contribution in [0.4, 0.5) is 8.78 Å². The number of hydrogen-bond acceptors (Lipinski definition) is 3. The first-order chi connectivity index (χ1) is 12.0. The molecular weight excluding hydrogens is 364 g/mol. The van der Waals surface area contributed by atoms with E-state index in [9.17, 15) is 18.4 Å². The van der Waals surface area contributed by atoms with Crippen molar-refractivity contribution in [3.8, 4) is 0 Å². The summed E-state index contributed by atoms with van der Waals surface area (Å²) < 4.78 is 26.7. The number of hydrogen-bond donors (Lipinski definition) is 2. The van der Waals surface area contributed by atoms with Crippen LogP contribution in [0.15, 0.2) is 18.2 Å². The van der Waals surface area contributed by atoms with Crippen LogP contribution >= 0.6 is 12.4 Å². The number of amides is 2. The molecule has 144 valence electrons. The highest BCUT2D eigenvalue weighted by Crippen LogP contribution is 2.21. The second-order valence-electron chi connectivity index (χ2n) is 6.74. The van der Waals surface area contributed by atoms with Gasteiger partial charge in [0.05, 0.1) is 5.56 Å². The first-order valence-electron chi connectivity index (χ1n) is 8.80. The number of piperidine rings is 2. The highest BCUT2D eigenvalue weighted by Gasteiger charge is 2.30. The Labute approximate surface area is 157 Å². The number of nitrogens with zero attached hydrogens (tertiary/aromatic N) is 1. The van der Waals surface area contributed by atoms with Gasteiger partial charge in [0.25, 0.3) is 5.91 Å². The molecule has 2 fully saturated rings. The topological polar surface area (TPSA) is 61.4 Å². The fourth-order valence-corrected chi connectivity index (χ4v) is 3.47. The zero-order chi connectivity index (χ0) is 17.8. The molecule has 2 amide bonds. The van der Waals surface area contributed by atoms with Gasteiger partial charge in [0, 0.05) is 37.7 Å². The zero-order valence-electron chi connectivity index (χ0n) is 14.5. The highest BCUT2D eigenvalue weighted by atomic mass is 35.5. The number of carbonyl (C=O) groups is 2. The normalized spacial score (nSPS) is 21.0. The molecule has 5 nitrogen and oxygen atoms in total. The van der Waals surface area contributed by atoms with Crippen LogP contribution in [0.5, 0.6) is 0 Å². The Kier molecular flexibility index (Phi) is 7.34. The molecule has 0 aromatic heterocycles. The van der Waals surface area contributed by atoms with E-state index in [1.54, 1.807) is 0 Å². The maximum absolute atomic E-state index is 13.8. The summed E-state index contributed by atoms with van der Waals surface area (Å²) in [6, 6.07) is 3.14. The van der Waals surface area contributed by atoms with Crippen molar-refractivity contribution in [3.63, 3.8) is 0 Å². The molecule has 26 heavy (non-hydrogen) atoms. The minimum absolute atomic E-state index is 0. The van der Waals surface area contributed by atoms with Gasteiger partial charge in [-0.15, -0.1) is 12.4 Å². The molecule has 8 heteroatoms. The van der Waals surface area contributed by atoms with Crippen molar-refractivity contribution in [2.45, 2.75) is 31.7 Å². The Bertz CT molecular complexity index is 645. The predicted octanol–water partition coefficient (Wildman–Crippen LogP) is 2.11. The number of nitrogens with one attached hydrogen (secondary N) is 2. The molecule has 0 radical (unpaired) electrons. The summed E-state index contributed by atoms with van der Waals surface area (Å²) in [5, 5.41) is 6.34. The van der Waals surface area contributed by atoms with E-state index in [4.69, 9.17) is 0 Å². The smallest absolute Gasteiger partial charge is 0.256 e. The van der Waals surface area contributed by atoms with Crippen LogP contribution in [0.1, 0.15) is 36.0 Å². The molecular formula is C18H24ClF2N3O2. The van der Waals surface area contributed by atoms with Crippen LogP contribution in [-0.2, 0) is 4.79 Å². The maximum Gasteiger partial charge on any atom is 0.256 e. The van der Waals surface area contributed by atoms with Crippen LogP contribution < -0.4 is 10.6 Å². The van der Waals surface area contributed by atoms with E-state index in [1.165, 1.54) is 11.0 Å². The summed E-state index contributed by atoms with van der Waals surface area (Å²) in [7, 11) is 0. The number of likely N-dealkylation sites (tertiary alicyclic amines) is 1. The molecule has 1 aromatic carbocycles. The summed E-state index contributed by atoms with van der Waals surface area (Å²) in [6.07, 6.45) is 3.15. The highest BCUT2D eigenvalue weighted by molar-refractivity contribution is 5.94. The van der Waals surface area contributed by atoms with Gasteiger partial charge in [0.1, 0.15) is 11.6 Å². The van der Waals surface area contributed by atoms with Crippen molar-refractivity contribution in [2.24, 2.45) is 5.92 Å². The third kappa shape index (κ3) is 4.92. The van der Waals surface area contributed by atoms with E-state index < -0.39 is 17.5 Å². The van der Waals surface area contributed by atoms with E-state index in [0.29, 0.717) is 32.0 Å². The van der Waals surface area contributed by atoms with Gasteiger partial charge in [-0.2, -0.15) is 0 Å². The fourth-order valence-electron chi connectivity index (χ4n) is 3.47. The Balaban J connectivity index is 0.00000243. The summed E-state index contributed by atoms with van der Waals surface area (Å²) in [6.45, 7) is 2.59. The van der Waals surface area contributed by atoms with Gasteiger partial charge < -0.3 is 15.5 Å². The molecule has 0 unspecified atom stereocenters. The van der Waals surface area contributed by atoms with Crippen LogP contribution in [0, 0.1) is 17.6 Å². The van der Waals surface area contributed by atoms with Crippen LogP contribution in [0.3, 0.4) is 0 Å². The van der Waals surface area contributed by atoms with Crippen molar-refractivity contribution in [3.05, 3.63) is 35.4 Å². The first-order valence-corrected chi connectivity index (χ1v) is 8.80. The molecule has 1 atom stereocenters. The van der Waals surface area contributed by atoms with Gasteiger partial charge in [0.15, 0.2) is 0 Å². The van der Waals surface area contributed by atoms with Crippen molar-refractivity contribution in [1.29, 1.82) is 0 Å². The summed E-state index contributed by atoms with van der Waals surface area (Å²) in [4.78, 5) is 26.3. The minimum Gasteiger partial charge on any atom is -0.352 e. The van der Waals surface area contributed by atoms with Gasteiger partial charge in [-0.05, 0) is 44.4 Å². The Hall–Kier alpha value is -1.73. The molecule has 2 heterocycles. The van der Waals surface area contributed by atoms with E-state index in [-0.39, 0.29) is 35.8 Å². The summed E-state index contributed by atoms with van der Waals surface area (Å²) in [5.74, 6) is -2.10. The van der Waals surface area contributed by atoms with Gasteiger partial charge in [-0.25, -0.2) is 8.78 Å². The zero-order valence-corrected chi connectivity index (χ0v) is 15.3. The Morgan fingerprint density at radius 3 is 2.50 bits per heavy atom. The summed E-state index contributed by atoms with van der Waals surface area (Å²) in [5.41, 5.74) is -0.127. The van der Waals surface area contributed by atoms with E-state index in [2.05, 4.69) is 10.6 Å². The van der Waals surface area contributed by atoms with Gasteiger partial charge in [-0.1, -0.05) is 0 Å².